The summed E-state index contributed by atoms with van der Waals surface area (Å²) >= 11 is 6.00. The molecule has 1 aliphatic heterocycles. The monoisotopic (exact) mass is 404 g/mol. The molecule has 3 aromatic carbocycles. The van der Waals surface area contributed by atoms with Gasteiger partial charge in [0.05, 0.1) is 0 Å². The topological polar surface area (TPSA) is 23.6 Å². The zero-order valence-corrected chi connectivity index (χ0v) is 17.1. The SMILES string of the molecule is O=C(c1ccccc1)N(c1ccccc1)C1CCN(Cc2ccc(Cl)cc2)CC1. The maximum Gasteiger partial charge on any atom is 0.258 e. The minimum Gasteiger partial charge on any atom is -0.305 e. The van der Waals surface area contributed by atoms with Gasteiger partial charge in [-0.25, -0.2) is 0 Å². The smallest absolute Gasteiger partial charge is 0.258 e. The van der Waals surface area contributed by atoms with Gasteiger partial charge in [0.25, 0.3) is 5.91 Å². The van der Waals surface area contributed by atoms with Crippen molar-refractivity contribution < 1.29 is 4.79 Å². The Balaban J connectivity index is 1.48. The van der Waals surface area contributed by atoms with E-state index in [1.807, 2.05) is 77.7 Å². The molecule has 0 saturated carbocycles. The summed E-state index contributed by atoms with van der Waals surface area (Å²) in [5.41, 5.74) is 2.98. The summed E-state index contributed by atoms with van der Waals surface area (Å²) in [6.45, 7) is 2.86. The number of carbonyl (C=O) groups is 1. The van der Waals surface area contributed by atoms with Gasteiger partial charge in [-0.15, -0.1) is 0 Å². The van der Waals surface area contributed by atoms with Crippen molar-refractivity contribution in [2.45, 2.75) is 25.4 Å². The predicted molar refractivity (Wildman–Crippen MR) is 119 cm³/mol. The first-order valence-corrected chi connectivity index (χ1v) is 10.5. The van der Waals surface area contributed by atoms with E-state index in [1.54, 1.807) is 0 Å². The van der Waals surface area contributed by atoms with Crippen LogP contribution >= 0.6 is 11.6 Å². The highest BCUT2D eigenvalue weighted by Gasteiger charge is 2.29. The third kappa shape index (κ3) is 4.87. The fourth-order valence-corrected chi connectivity index (χ4v) is 4.11. The van der Waals surface area contributed by atoms with Crippen molar-refractivity contribution in [2.24, 2.45) is 0 Å². The molecule has 29 heavy (non-hydrogen) atoms. The molecule has 0 aliphatic carbocycles. The molecular weight excluding hydrogens is 380 g/mol. The highest BCUT2D eigenvalue weighted by atomic mass is 35.5. The molecule has 4 rings (SSSR count). The van der Waals surface area contributed by atoms with Gasteiger partial charge in [-0.3, -0.25) is 9.69 Å². The molecule has 0 bridgehead atoms. The van der Waals surface area contributed by atoms with E-state index in [1.165, 1.54) is 5.56 Å². The van der Waals surface area contributed by atoms with Crippen molar-refractivity contribution in [1.82, 2.24) is 4.90 Å². The number of anilines is 1. The zero-order chi connectivity index (χ0) is 20.1. The minimum atomic E-state index is 0.0768. The number of nitrogens with zero attached hydrogens (tertiary/aromatic N) is 2. The molecule has 4 heteroatoms. The van der Waals surface area contributed by atoms with E-state index in [0.29, 0.717) is 0 Å². The first kappa shape index (κ1) is 19.7. The third-order valence-electron chi connectivity index (χ3n) is 5.52. The van der Waals surface area contributed by atoms with Crippen molar-refractivity contribution >= 4 is 23.2 Å². The first-order chi connectivity index (χ1) is 14.2. The molecule has 148 valence electrons. The van der Waals surface area contributed by atoms with Crippen LogP contribution in [0.2, 0.25) is 5.02 Å². The van der Waals surface area contributed by atoms with Crippen molar-refractivity contribution in [2.75, 3.05) is 18.0 Å². The maximum absolute atomic E-state index is 13.3. The van der Waals surface area contributed by atoms with Crippen LogP contribution in [0.3, 0.4) is 0 Å². The molecule has 0 spiro atoms. The Hall–Kier alpha value is -2.62. The normalized spacial score (nSPS) is 15.2. The number of carbonyl (C=O) groups excluding carboxylic acids is 1. The van der Waals surface area contributed by atoms with Gasteiger partial charge < -0.3 is 4.90 Å². The van der Waals surface area contributed by atoms with E-state index in [4.69, 9.17) is 11.6 Å². The van der Waals surface area contributed by atoms with E-state index in [9.17, 15) is 4.79 Å². The Kier molecular flexibility index (Phi) is 6.28. The fraction of sp³-hybridized carbons (Fsp3) is 0.240. The van der Waals surface area contributed by atoms with Gasteiger partial charge in [0.1, 0.15) is 0 Å². The number of amides is 1. The molecule has 0 radical (unpaired) electrons. The Bertz CT molecular complexity index is 920. The molecule has 1 aliphatic rings. The maximum atomic E-state index is 13.3. The van der Waals surface area contributed by atoms with Gasteiger partial charge in [0.2, 0.25) is 0 Å². The Morgan fingerprint density at radius 1 is 0.862 bits per heavy atom. The molecule has 0 N–H and O–H groups in total. The quantitative estimate of drug-likeness (QED) is 0.548. The lowest BCUT2D eigenvalue weighted by atomic mass is 10.00. The first-order valence-electron chi connectivity index (χ1n) is 10.1. The number of hydrogen-bond donors (Lipinski definition) is 0. The van der Waals surface area contributed by atoms with Crippen LogP contribution in [0.15, 0.2) is 84.9 Å². The number of benzene rings is 3. The van der Waals surface area contributed by atoms with Gasteiger partial charge in [-0.2, -0.15) is 0 Å². The molecule has 1 heterocycles. The number of hydrogen-bond acceptors (Lipinski definition) is 2. The standard InChI is InChI=1S/C25H25ClN2O/c26-22-13-11-20(12-14-22)19-27-17-15-24(16-18-27)28(23-9-5-2-6-10-23)25(29)21-7-3-1-4-8-21/h1-14,24H,15-19H2. The van der Waals surface area contributed by atoms with Crippen LogP contribution in [0.4, 0.5) is 5.69 Å². The predicted octanol–water partition coefficient (Wildman–Crippen LogP) is 5.65. The summed E-state index contributed by atoms with van der Waals surface area (Å²) in [6, 6.07) is 27.9. The number of likely N-dealkylation sites (tertiary alicyclic amines) is 1. The average molecular weight is 405 g/mol. The fourth-order valence-electron chi connectivity index (χ4n) is 3.99. The van der Waals surface area contributed by atoms with Crippen LogP contribution in [0, 0.1) is 0 Å². The van der Waals surface area contributed by atoms with Crippen LogP contribution in [-0.2, 0) is 6.54 Å². The van der Waals surface area contributed by atoms with E-state index in [0.717, 1.165) is 48.7 Å². The van der Waals surface area contributed by atoms with Crippen LogP contribution in [0.1, 0.15) is 28.8 Å². The molecule has 1 fully saturated rings. The molecule has 0 atom stereocenters. The van der Waals surface area contributed by atoms with E-state index in [-0.39, 0.29) is 11.9 Å². The minimum absolute atomic E-state index is 0.0768. The van der Waals surface area contributed by atoms with Gasteiger partial charge >= 0.3 is 0 Å². The second-order valence-electron chi connectivity index (χ2n) is 7.51. The van der Waals surface area contributed by atoms with Crippen molar-refractivity contribution in [1.29, 1.82) is 0 Å². The number of para-hydroxylation sites is 1. The summed E-state index contributed by atoms with van der Waals surface area (Å²) in [4.78, 5) is 17.8. The number of halogens is 1. The summed E-state index contributed by atoms with van der Waals surface area (Å²) in [7, 11) is 0. The summed E-state index contributed by atoms with van der Waals surface area (Å²) in [5.74, 6) is 0.0768. The second kappa shape index (κ2) is 9.25. The van der Waals surface area contributed by atoms with Gasteiger partial charge in [0.15, 0.2) is 0 Å². The Labute approximate surface area is 177 Å². The van der Waals surface area contributed by atoms with Crippen molar-refractivity contribution in [3.05, 3.63) is 101 Å². The zero-order valence-electron chi connectivity index (χ0n) is 16.4. The summed E-state index contributed by atoms with van der Waals surface area (Å²) in [5, 5.41) is 0.769. The molecule has 3 nitrogen and oxygen atoms in total. The Morgan fingerprint density at radius 3 is 2.07 bits per heavy atom. The third-order valence-corrected chi connectivity index (χ3v) is 5.77. The van der Waals surface area contributed by atoms with E-state index < -0.39 is 0 Å². The average Bonchev–Trinajstić information content (AvgIpc) is 2.78. The van der Waals surface area contributed by atoms with Gasteiger partial charge in [-0.1, -0.05) is 60.1 Å². The number of piperidine rings is 1. The van der Waals surface area contributed by atoms with E-state index >= 15 is 0 Å². The van der Waals surface area contributed by atoms with E-state index in [2.05, 4.69) is 17.0 Å². The second-order valence-corrected chi connectivity index (χ2v) is 7.95. The largest absolute Gasteiger partial charge is 0.305 e. The molecule has 0 unspecified atom stereocenters. The molecule has 0 aromatic heterocycles. The highest BCUT2D eigenvalue weighted by Crippen LogP contribution is 2.26. The summed E-state index contributed by atoms with van der Waals surface area (Å²) < 4.78 is 0. The number of rotatable bonds is 5. The van der Waals surface area contributed by atoms with Crippen molar-refractivity contribution in [3.63, 3.8) is 0 Å². The van der Waals surface area contributed by atoms with Crippen LogP contribution in [-0.4, -0.2) is 29.9 Å². The lowest BCUT2D eigenvalue weighted by molar-refractivity contribution is 0.0958. The molecule has 3 aromatic rings. The lowest BCUT2D eigenvalue weighted by Gasteiger charge is -2.38. The van der Waals surface area contributed by atoms with Gasteiger partial charge in [-0.05, 0) is 54.8 Å². The van der Waals surface area contributed by atoms with Crippen LogP contribution in [0.5, 0.6) is 0 Å². The molecule has 1 saturated heterocycles. The van der Waals surface area contributed by atoms with Crippen LogP contribution in [0.25, 0.3) is 0 Å². The van der Waals surface area contributed by atoms with Crippen molar-refractivity contribution in [3.8, 4) is 0 Å². The lowest BCUT2D eigenvalue weighted by Crippen LogP contribution is -2.47. The Morgan fingerprint density at radius 2 is 1.45 bits per heavy atom. The van der Waals surface area contributed by atoms with Crippen LogP contribution < -0.4 is 4.90 Å². The highest BCUT2D eigenvalue weighted by molar-refractivity contribution is 6.30. The molecule has 1 amide bonds. The molecular formula is C25H25ClN2O. The summed E-state index contributed by atoms with van der Waals surface area (Å²) in [6.07, 6.45) is 1.92. The van der Waals surface area contributed by atoms with Gasteiger partial charge in [0, 0.05) is 41.9 Å².